The first kappa shape index (κ1) is 22.9. The summed E-state index contributed by atoms with van der Waals surface area (Å²) in [6.07, 6.45) is 0.886. The number of furan rings is 1. The van der Waals surface area contributed by atoms with Crippen molar-refractivity contribution in [3.8, 4) is 5.75 Å². The van der Waals surface area contributed by atoms with Crippen molar-refractivity contribution in [3.05, 3.63) is 83.6 Å². The van der Waals surface area contributed by atoms with E-state index in [0.29, 0.717) is 18.1 Å². The van der Waals surface area contributed by atoms with Crippen LogP contribution in [-0.4, -0.2) is 50.1 Å². The van der Waals surface area contributed by atoms with Crippen LogP contribution in [0, 0.1) is 12.7 Å². The zero-order valence-corrected chi connectivity index (χ0v) is 18.9. The third-order valence-electron chi connectivity index (χ3n) is 5.76. The van der Waals surface area contributed by atoms with Crippen LogP contribution in [0.25, 0.3) is 0 Å². The van der Waals surface area contributed by atoms with Gasteiger partial charge in [0.25, 0.3) is 5.91 Å². The molecule has 0 bridgehead atoms. The van der Waals surface area contributed by atoms with Gasteiger partial charge >= 0.3 is 0 Å². The van der Waals surface area contributed by atoms with Gasteiger partial charge in [-0.1, -0.05) is 12.1 Å². The number of amides is 1. The number of benzene rings is 2. The van der Waals surface area contributed by atoms with Crippen LogP contribution < -0.4 is 15.0 Å². The number of carbonyl (C=O) groups excluding carboxylic acids is 1. The SMILES string of the molecule is Cc1cccc(N2CCN(CCCNC(=O)c3ccc(COc4ccc(F)cc4)o3)CC2)c1. The van der Waals surface area contributed by atoms with Gasteiger partial charge in [-0.15, -0.1) is 0 Å². The summed E-state index contributed by atoms with van der Waals surface area (Å²) in [7, 11) is 0. The number of rotatable bonds is 9. The minimum absolute atomic E-state index is 0.174. The second-order valence-electron chi connectivity index (χ2n) is 8.29. The molecule has 0 spiro atoms. The second-order valence-corrected chi connectivity index (χ2v) is 8.29. The normalized spacial score (nSPS) is 14.3. The maximum absolute atomic E-state index is 12.9. The van der Waals surface area contributed by atoms with Gasteiger partial charge in [-0.05, 0) is 74.0 Å². The Balaban J connectivity index is 1.13. The fourth-order valence-electron chi connectivity index (χ4n) is 3.91. The third-order valence-corrected chi connectivity index (χ3v) is 5.76. The van der Waals surface area contributed by atoms with Crippen LogP contribution >= 0.6 is 0 Å². The summed E-state index contributed by atoms with van der Waals surface area (Å²) in [5.41, 5.74) is 2.58. The Morgan fingerprint density at radius 2 is 1.85 bits per heavy atom. The maximum atomic E-state index is 12.9. The van der Waals surface area contributed by atoms with E-state index in [0.717, 1.165) is 39.1 Å². The summed E-state index contributed by atoms with van der Waals surface area (Å²) in [6, 6.07) is 17.8. The number of hydrogen-bond donors (Lipinski definition) is 1. The lowest BCUT2D eigenvalue weighted by Crippen LogP contribution is -2.47. The summed E-state index contributed by atoms with van der Waals surface area (Å²) in [6.45, 7) is 7.94. The number of ether oxygens (including phenoxy) is 1. The molecule has 1 aromatic heterocycles. The standard InChI is InChI=1S/C26H30FN3O3/c1-20-4-2-5-22(18-20)30-16-14-29(15-17-30)13-3-12-28-26(31)25-11-10-24(33-25)19-32-23-8-6-21(27)7-9-23/h2,4-11,18H,3,12-17,19H2,1H3,(H,28,31). The van der Waals surface area contributed by atoms with Crippen molar-refractivity contribution in [3.63, 3.8) is 0 Å². The van der Waals surface area contributed by atoms with Crippen molar-refractivity contribution in [2.45, 2.75) is 20.0 Å². The number of nitrogens with one attached hydrogen (secondary N) is 1. The van der Waals surface area contributed by atoms with Gasteiger partial charge < -0.3 is 19.4 Å². The molecule has 0 aliphatic carbocycles. The van der Waals surface area contributed by atoms with Crippen LogP contribution in [0.3, 0.4) is 0 Å². The van der Waals surface area contributed by atoms with Crippen molar-refractivity contribution in [1.82, 2.24) is 10.2 Å². The van der Waals surface area contributed by atoms with Gasteiger partial charge in [0.2, 0.25) is 0 Å². The average Bonchev–Trinajstić information content (AvgIpc) is 3.31. The van der Waals surface area contributed by atoms with Gasteiger partial charge in [-0.25, -0.2) is 4.39 Å². The van der Waals surface area contributed by atoms with E-state index in [1.54, 1.807) is 24.3 Å². The average molecular weight is 452 g/mol. The molecule has 2 heterocycles. The number of aryl methyl sites for hydroxylation is 1. The molecule has 0 saturated carbocycles. The minimum atomic E-state index is -0.316. The number of hydrogen-bond acceptors (Lipinski definition) is 5. The van der Waals surface area contributed by atoms with Gasteiger partial charge in [0, 0.05) is 38.4 Å². The van der Waals surface area contributed by atoms with Crippen LogP contribution in [-0.2, 0) is 6.61 Å². The van der Waals surface area contributed by atoms with Crippen LogP contribution in [0.15, 0.2) is 65.1 Å². The van der Waals surface area contributed by atoms with Crippen LogP contribution in [0.1, 0.15) is 28.3 Å². The maximum Gasteiger partial charge on any atom is 0.286 e. The van der Waals surface area contributed by atoms with Crippen molar-refractivity contribution < 1.29 is 18.3 Å². The van der Waals surface area contributed by atoms with Gasteiger partial charge in [0.05, 0.1) is 0 Å². The Labute approximate surface area is 193 Å². The van der Waals surface area contributed by atoms with Gasteiger partial charge in [-0.3, -0.25) is 9.69 Å². The Hall–Kier alpha value is -3.32. The molecule has 0 atom stereocenters. The predicted molar refractivity (Wildman–Crippen MR) is 126 cm³/mol. The Morgan fingerprint density at radius 3 is 2.61 bits per heavy atom. The molecule has 1 amide bonds. The molecule has 1 N–H and O–H groups in total. The summed E-state index contributed by atoms with van der Waals surface area (Å²) in [4.78, 5) is 17.2. The quantitative estimate of drug-likeness (QED) is 0.493. The van der Waals surface area contributed by atoms with E-state index in [1.165, 1.54) is 23.4 Å². The molecule has 6 nitrogen and oxygen atoms in total. The molecule has 174 valence electrons. The molecular formula is C26H30FN3O3. The molecule has 0 unspecified atom stereocenters. The van der Waals surface area contributed by atoms with E-state index in [1.807, 2.05) is 0 Å². The van der Waals surface area contributed by atoms with Gasteiger partial charge in [0.1, 0.15) is 23.9 Å². The molecule has 3 aromatic rings. The number of piperazine rings is 1. The lowest BCUT2D eigenvalue weighted by molar-refractivity contribution is 0.0919. The van der Waals surface area contributed by atoms with E-state index in [9.17, 15) is 9.18 Å². The number of nitrogens with zero attached hydrogens (tertiary/aromatic N) is 2. The smallest absolute Gasteiger partial charge is 0.286 e. The van der Waals surface area contributed by atoms with E-state index in [2.05, 4.69) is 46.3 Å². The first-order valence-corrected chi connectivity index (χ1v) is 11.4. The third kappa shape index (κ3) is 6.58. The molecule has 1 aliphatic heterocycles. The van der Waals surface area contributed by atoms with Crippen LogP contribution in [0.5, 0.6) is 5.75 Å². The molecule has 4 rings (SSSR count). The van der Waals surface area contributed by atoms with E-state index >= 15 is 0 Å². The molecule has 1 fully saturated rings. The van der Waals surface area contributed by atoms with Gasteiger partial charge in [-0.2, -0.15) is 0 Å². The second kappa shape index (κ2) is 11.0. The summed E-state index contributed by atoms with van der Waals surface area (Å²) in [5, 5.41) is 2.92. The zero-order valence-electron chi connectivity index (χ0n) is 18.9. The van der Waals surface area contributed by atoms with Crippen LogP contribution in [0.2, 0.25) is 0 Å². The lowest BCUT2D eigenvalue weighted by Gasteiger charge is -2.36. The molecule has 33 heavy (non-hydrogen) atoms. The molecule has 1 aliphatic rings. The molecule has 7 heteroatoms. The Morgan fingerprint density at radius 1 is 1.06 bits per heavy atom. The van der Waals surface area contributed by atoms with E-state index < -0.39 is 0 Å². The number of halogens is 1. The highest BCUT2D eigenvalue weighted by atomic mass is 19.1. The first-order chi connectivity index (χ1) is 16.1. The minimum Gasteiger partial charge on any atom is -0.486 e. The zero-order chi connectivity index (χ0) is 23.0. The fraction of sp³-hybridized carbons (Fsp3) is 0.346. The monoisotopic (exact) mass is 451 g/mol. The number of anilines is 1. The van der Waals surface area contributed by atoms with Crippen molar-refractivity contribution in [2.75, 3.05) is 44.2 Å². The van der Waals surface area contributed by atoms with E-state index in [-0.39, 0.29) is 24.1 Å². The topological polar surface area (TPSA) is 58.0 Å². The lowest BCUT2D eigenvalue weighted by atomic mass is 10.2. The Bertz CT molecular complexity index is 1040. The molecular weight excluding hydrogens is 421 g/mol. The summed E-state index contributed by atoms with van der Waals surface area (Å²) >= 11 is 0. The largest absolute Gasteiger partial charge is 0.486 e. The Kier molecular flexibility index (Phi) is 7.62. The molecule has 1 saturated heterocycles. The molecule has 2 aromatic carbocycles. The van der Waals surface area contributed by atoms with Gasteiger partial charge in [0.15, 0.2) is 5.76 Å². The highest BCUT2D eigenvalue weighted by Gasteiger charge is 2.17. The predicted octanol–water partition coefficient (Wildman–Crippen LogP) is 4.25. The summed E-state index contributed by atoms with van der Waals surface area (Å²) < 4.78 is 24.1. The fourth-order valence-corrected chi connectivity index (χ4v) is 3.91. The van der Waals surface area contributed by atoms with Crippen molar-refractivity contribution >= 4 is 11.6 Å². The highest BCUT2D eigenvalue weighted by Crippen LogP contribution is 2.18. The molecule has 0 radical (unpaired) electrons. The summed E-state index contributed by atoms with van der Waals surface area (Å²) in [5.74, 6) is 0.796. The first-order valence-electron chi connectivity index (χ1n) is 11.4. The van der Waals surface area contributed by atoms with E-state index in [4.69, 9.17) is 9.15 Å². The van der Waals surface area contributed by atoms with Crippen LogP contribution in [0.4, 0.5) is 10.1 Å². The van der Waals surface area contributed by atoms with Crippen molar-refractivity contribution in [1.29, 1.82) is 0 Å². The number of carbonyl (C=O) groups is 1. The highest BCUT2D eigenvalue weighted by molar-refractivity contribution is 5.91. The van der Waals surface area contributed by atoms with Crippen molar-refractivity contribution in [2.24, 2.45) is 0 Å².